The molecule has 6 rings (SSSR count). The first-order chi connectivity index (χ1) is 17.1. The van der Waals surface area contributed by atoms with Crippen LogP contribution in [0.1, 0.15) is 53.5 Å². The molecular weight excluding hydrogens is 555 g/mol. The molecule has 10 heteroatoms. The Morgan fingerprint density at radius 2 is 2.06 bits per heavy atom. The Kier molecular flexibility index (Phi) is 6.01. The van der Waals surface area contributed by atoms with Gasteiger partial charge in [0.1, 0.15) is 11.5 Å². The SMILES string of the molecule is Cc1cn2nc([C@@H]3CCCCN3C(=O)c3ccc4cnccc4n3)cc2nc1N1CC[C@H](NI)C1. The first-order valence-corrected chi connectivity index (χ1v) is 13.2. The largest absolute Gasteiger partial charge is 0.355 e. The molecule has 0 unspecified atom stereocenters. The predicted octanol–water partition coefficient (Wildman–Crippen LogP) is 3.87. The lowest BCUT2D eigenvalue weighted by atomic mass is 9.99. The summed E-state index contributed by atoms with van der Waals surface area (Å²) < 4.78 is 5.20. The van der Waals surface area contributed by atoms with Gasteiger partial charge in [0.2, 0.25) is 0 Å². The van der Waals surface area contributed by atoms with E-state index in [1.165, 1.54) is 0 Å². The first kappa shape index (κ1) is 22.6. The number of aromatic nitrogens is 5. The van der Waals surface area contributed by atoms with Gasteiger partial charge in [0, 0.05) is 84.1 Å². The molecule has 2 aliphatic rings. The summed E-state index contributed by atoms with van der Waals surface area (Å²) in [5.74, 6) is 0.967. The normalized spacial score (nSPS) is 20.7. The number of amides is 1. The van der Waals surface area contributed by atoms with Gasteiger partial charge >= 0.3 is 0 Å². The number of carbonyl (C=O) groups is 1. The number of halogens is 1. The quantitative estimate of drug-likeness (QED) is 0.289. The number of hydrogen-bond acceptors (Lipinski definition) is 7. The van der Waals surface area contributed by atoms with Crippen molar-refractivity contribution in [3.63, 3.8) is 0 Å². The fraction of sp³-hybridized carbons (Fsp3) is 0.400. The van der Waals surface area contributed by atoms with Crippen molar-refractivity contribution in [3.05, 3.63) is 59.8 Å². The van der Waals surface area contributed by atoms with Crippen LogP contribution in [0.5, 0.6) is 0 Å². The van der Waals surface area contributed by atoms with Gasteiger partial charge < -0.3 is 9.80 Å². The van der Waals surface area contributed by atoms with E-state index in [9.17, 15) is 4.79 Å². The van der Waals surface area contributed by atoms with E-state index in [2.05, 4.69) is 54.4 Å². The number of likely N-dealkylation sites (tertiary alicyclic amines) is 1. The maximum absolute atomic E-state index is 13.6. The zero-order valence-electron chi connectivity index (χ0n) is 19.6. The number of nitrogens with zero attached hydrogens (tertiary/aromatic N) is 7. The van der Waals surface area contributed by atoms with Crippen LogP contribution in [0.4, 0.5) is 5.82 Å². The van der Waals surface area contributed by atoms with E-state index in [1.54, 1.807) is 18.5 Å². The van der Waals surface area contributed by atoms with Gasteiger partial charge in [-0.15, -0.1) is 0 Å². The highest BCUT2D eigenvalue weighted by atomic mass is 127. The molecule has 0 aromatic carbocycles. The number of aryl methyl sites for hydroxylation is 1. The summed E-state index contributed by atoms with van der Waals surface area (Å²) in [5, 5.41) is 5.80. The minimum absolute atomic E-state index is 0.0512. The molecule has 35 heavy (non-hydrogen) atoms. The molecular formula is C25H27IN8O. The predicted molar refractivity (Wildman–Crippen MR) is 143 cm³/mol. The summed E-state index contributed by atoms with van der Waals surface area (Å²) in [6.07, 6.45) is 9.56. The van der Waals surface area contributed by atoms with Gasteiger partial charge in [-0.2, -0.15) is 5.10 Å². The average molecular weight is 582 g/mol. The molecule has 0 bridgehead atoms. The Morgan fingerprint density at radius 1 is 1.14 bits per heavy atom. The molecule has 2 fully saturated rings. The van der Waals surface area contributed by atoms with Crippen LogP contribution in [0, 0.1) is 6.92 Å². The highest BCUT2D eigenvalue weighted by Crippen LogP contribution is 2.33. The lowest BCUT2D eigenvalue weighted by molar-refractivity contribution is 0.0600. The number of fused-ring (bicyclic) bond motifs is 2. The molecule has 0 radical (unpaired) electrons. The molecule has 0 spiro atoms. The smallest absolute Gasteiger partial charge is 0.273 e. The lowest BCUT2D eigenvalue weighted by Gasteiger charge is -2.34. The number of nitrogens with one attached hydrogen (secondary N) is 1. The monoisotopic (exact) mass is 582 g/mol. The molecule has 2 atom stereocenters. The van der Waals surface area contributed by atoms with Crippen LogP contribution in [0.15, 0.2) is 42.9 Å². The van der Waals surface area contributed by atoms with Crippen molar-refractivity contribution in [3.8, 4) is 0 Å². The van der Waals surface area contributed by atoms with Crippen LogP contribution in [-0.4, -0.2) is 61.0 Å². The molecule has 4 aromatic heterocycles. The average Bonchev–Trinajstić information content (AvgIpc) is 3.54. The second-order valence-corrected chi connectivity index (χ2v) is 10.1. The van der Waals surface area contributed by atoms with Gasteiger partial charge in [-0.25, -0.2) is 14.5 Å². The van der Waals surface area contributed by atoms with Gasteiger partial charge in [-0.05, 0) is 50.8 Å². The van der Waals surface area contributed by atoms with Crippen molar-refractivity contribution >= 4 is 51.1 Å². The van der Waals surface area contributed by atoms with Crippen LogP contribution in [0.2, 0.25) is 0 Å². The Balaban J connectivity index is 1.31. The maximum Gasteiger partial charge on any atom is 0.273 e. The van der Waals surface area contributed by atoms with Crippen LogP contribution in [-0.2, 0) is 0 Å². The second-order valence-electron chi connectivity index (χ2n) is 9.44. The summed E-state index contributed by atoms with van der Waals surface area (Å²) >= 11 is 2.23. The number of piperidine rings is 1. The van der Waals surface area contributed by atoms with Crippen molar-refractivity contribution < 1.29 is 4.79 Å². The minimum atomic E-state index is -0.0870. The zero-order chi connectivity index (χ0) is 23.9. The summed E-state index contributed by atoms with van der Waals surface area (Å²) in [4.78, 5) is 31.6. The third-order valence-electron chi connectivity index (χ3n) is 7.08. The van der Waals surface area contributed by atoms with Crippen molar-refractivity contribution in [2.75, 3.05) is 24.5 Å². The number of rotatable bonds is 4. The highest BCUT2D eigenvalue weighted by Gasteiger charge is 2.32. The van der Waals surface area contributed by atoms with E-state index >= 15 is 0 Å². The third kappa shape index (κ3) is 4.22. The fourth-order valence-electron chi connectivity index (χ4n) is 5.26. The Hall–Kier alpha value is -2.86. The Bertz CT molecular complexity index is 1410. The van der Waals surface area contributed by atoms with Gasteiger partial charge in [0.05, 0.1) is 17.3 Å². The third-order valence-corrected chi connectivity index (χ3v) is 7.96. The van der Waals surface area contributed by atoms with Gasteiger partial charge in [-0.1, -0.05) is 0 Å². The second kappa shape index (κ2) is 9.30. The van der Waals surface area contributed by atoms with E-state index in [4.69, 9.17) is 10.1 Å². The highest BCUT2D eigenvalue weighted by molar-refractivity contribution is 14.1. The zero-order valence-corrected chi connectivity index (χ0v) is 21.7. The number of hydrogen-bond donors (Lipinski definition) is 1. The van der Waals surface area contributed by atoms with E-state index in [0.29, 0.717) is 18.3 Å². The Labute approximate surface area is 217 Å². The summed E-state index contributed by atoms with van der Waals surface area (Å²) in [6.45, 7) is 4.73. The van der Waals surface area contributed by atoms with E-state index in [1.807, 2.05) is 27.6 Å². The number of pyridine rings is 2. The fourth-order valence-corrected chi connectivity index (χ4v) is 5.77. The number of anilines is 1. The molecule has 0 saturated carbocycles. The van der Waals surface area contributed by atoms with Crippen LogP contribution >= 0.6 is 22.9 Å². The van der Waals surface area contributed by atoms with Gasteiger partial charge in [0.25, 0.3) is 5.91 Å². The molecule has 180 valence electrons. The molecule has 9 nitrogen and oxygen atoms in total. The summed E-state index contributed by atoms with van der Waals surface area (Å²) in [7, 11) is 0. The van der Waals surface area contributed by atoms with Crippen LogP contribution in [0.25, 0.3) is 16.6 Å². The van der Waals surface area contributed by atoms with E-state index in [0.717, 1.165) is 72.4 Å². The molecule has 6 heterocycles. The van der Waals surface area contributed by atoms with Crippen molar-refractivity contribution in [2.24, 2.45) is 0 Å². The number of carbonyl (C=O) groups excluding carboxylic acids is 1. The Morgan fingerprint density at radius 3 is 2.91 bits per heavy atom. The minimum Gasteiger partial charge on any atom is -0.355 e. The van der Waals surface area contributed by atoms with Gasteiger partial charge in [-0.3, -0.25) is 13.3 Å². The van der Waals surface area contributed by atoms with Gasteiger partial charge in [0.15, 0.2) is 5.65 Å². The summed E-state index contributed by atoms with van der Waals surface area (Å²) in [5.41, 5.74) is 4.05. The molecule has 0 aliphatic carbocycles. The first-order valence-electron chi connectivity index (χ1n) is 12.1. The molecule has 1 amide bonds. The standard InChI is InChI=1S/C25H27IN8O/c1-16-14-34-23(29-24(16)32-11-8-18(15-32)30-26)12-21(31-34)22-4-2-3-10-33(22)25(35)20-6-5-17-13-27-9-7-19(17)28-20/h5-7,9,12-14,18,22,30H,2-4,8,10-11,15H2,1H3/t18-,22-/m0/s1. The molecule has 2 saturated heterocycles. The van der Waals surface area contributed by atoms with Crippen LogP contribution < -0.4 is 8.43 Å². The van der Waals surface area contributed by atoms with E-state index < -0.39 is 0 Å². The van der Waals surface area contributed by atoms with Crippen LogP contribution in [0.3, 0.4) is 0 Å². The topological polar surface area (TPSA) is 91.5 Å². The molecule has 4 aromatic rings. The van der Waals surface area contributed by atoms with E-state index in [-0.39, 0.29) is 11.9 Å². The lowest BCUT2D eigenvalue weighted by Crippen LogP contribution is -2.39. The van der Waals surface area contributed by atoms with Crippen molar-refractivity contribution in [1.82, 2.24) is 33.0 Å². The summed E-state index contributed by atoms with van der Waals surface area (Å²) in [6, 6.07) is 7.99. The molecule has 2 aliphatic heterocycles. The molecule has 1 N–H and O–H groups in total. The van der Waals surface area contributed by atoms with Crippen molar-refractivity contribution in [2.45, 2.75) is 44.7 Å². The maximum atomic E-state index is 13.6. The van der Waals surface area contributed by atoms with Crippen molar-refractivity contribution in [1.29, 1.82) is 0 Å².